The van der Waals surface area contributed by atoms with Gasteiger partial charge in [-0.15, -0.1) is 0 Å². The molecule has 0 amide bonds. The van der Waals surface area contributed by atoms with Crippen LogP contribution in [-0.2, 0) is 54.0 Å². The normalized spacial score (nSPS) is 11.5. The minimum Gasteiger partial charge on any atom is -0.379 e. The molecule has 0 aliphatic heterocycles. The summed E-state index contributed by atoms with van der Waals surface area (Å²) >= 11 is 2.42. The summed E-state index contributed by atoms with van der Waals surface area (Å²) in [4.78, 5) is 0. The van der Waals surface area contributed by atoms with E-state index < -0.39 is 0 Å². The maximum atomic E-state index is 5.57. The van der Waals surface area contributed by atoms with Gasteiger partial charge in [0.15, 0.2) is 0 Å². The van der Waals surface area contributed by atoms with Crippen molar-refractivity contribution in [1.82, 2.24) is 0 Å². The van der Waals surface area contributed by atoms with E-state index in [1.54, 1.807) is 0 Å². The summed E-state index contributed by atoms with van der Waals surface area (Å²) in [6.45, 7) is 11.4. The molecule has 0 spiro atoms. The Labute approximate surface area is 267 Å². The standard InChI is InChI=1S/C31H55IO10/c32-10-6-1-2-7-11-33-12-13-34-14-15-35-16-17-36-18-19-37-20-21-38-22-23-39-24-25-40-26-27-41-28-29-42-30-31-8-4-3-5-9-31/h3-5,8-9H,1-2,6-7,10-30H2. The highest BCUT2D eigenvalue weighted by atomic mass is 127. The highest BCUT2D eigenvalue weighted by molar-refractivity contribution is 14.1. The molecule has 0 aliphatic carbocycles. The third-order valence-electron chi connectivity index (χ3n) is 5.63. The molecule has 0 radical (unpaired) electrons. The Hall–Kier alpha value is -0.450. The van der Waals surface area contributed by atoms with Gasteiger partial charge in [0.25, 0.3) is 0 Å². The number of alkyl halides is 1. The van der Waals surface area contributed by atoms with Crippen LogP contribution >= 0.6 is 22.6 Å². The van der Waals surface area contributed by atoms with Gasteiger partial charge in [0, 0.05) is 6.61 Å². The Morgan fingerprint density at radius 1 is 0.333 bits per heavy atom. The smallest absolute Gasteiger partial charge is 0.0718 e. The molecule has 0 aliphatic rings. The first-order valence-electron chi connectivity index (χ1n) is 15.3. The third kappa shape index (κ3) is 31.0. The number of hydrogen-bond donors (Lipinski definition) is 0. The van der Waals surface area contributed by atoms with Gasteiger partial charge in [-0.1, -0.05) is 65.8 Å². The lowest BCUT2D eigenvalue weighted by Gasteiger charge is -2.09. The van der Waals surface area contributed by atoms with Gasteiger partial charge in [-0.2, -0.15) is 0 Å². The molecule has 0 saturated heterocycles. The van der Waals surface area contributed by atoms with Crippen molar-refractivity contribution < 1.29 is 47.4 Å². The molecule has 246 valence electrons. The van der Waals surface area contributed by atoms with E-state index in [-0.39, 0.29) is 0 Å². The van der Waals surface area contributed by atoms with Crippen LogP contribution < -0.4 is 0 Å². The fourth-order valence-corrected chi connectivity index (χ4v) is 3.94. The average Bonchev–Trinajstić information content (AvgIpc) is 3.01. The van der Waals surface area contributed by atoms with Gasteiger partial charge in [-0.25, -0.2) is 0 Å². The summed E-state index contributed by atoms with van der Waals surface area (Å²) in [5, 5.41) is 0. The van der Waals surface area contributed by atoms with Crippen LogP contribution in [0.4, 0.5) is 0 Å². The number of hydrogen-bond acceptors (Lipinski definition) is 10. The Balaban J connectivity index is 1.61. The second-order valence-electron chi connectivity index (χ2n) is 9.15. The van der Waals surface area contributed by atoms with Crippen LogP contribution in [0.5, 0.6) is 0 Å². The van der Waals surface area contributed by atoms with E-state index in [0.29, 0.717) is 126 Å². The maximum Gasteiger partial charge on any atom is 0.0718 e. The molecule has 0 N–H and O–H groups in total. The number of unbranched alkanes of at least 4 members (excludes halogenated alkanes) is 3. The van der Waals surface area contributed by atoms with E-state index in [9.17, 15) is 0 Å². The van der Waals surface area contributed by atoms with E-state index in [0.717, 1.165) is 18.6 Å². The van der Waals surface area contributed by atoms with Crippen LogP contribution in [0.3, 0.4) is 0 Å². The van der Waals surface area contributed by atoms with Crippen LogP contribution in [0.2, 0.25) is 0 Å². The molecule has 1 rings (SSSR count). The molecular weight excluding hydrogens is 659 g/mol. The number of benzene rings is 1. The van der Waals surface area contributed by atoms with Crippen molar-refractivity contribution in [2.75, 3.05) is 130 Å². The van der Waals surface area contributed by atoms with Crippen LogP contribution in [0.1, 0.15) is 31.2 Å². The first-order valence-corrected chi connectivity index (χ1v) is 16.8. The predicted octanol–water partition coefficient (Wildman–Crippen LogP) is 4.35. The first-order chi connectivity index (χ1) is 20.9. The zero-order valence-corrected chi connectivity index (χ0v) is 27.7. The Bertz CT molecular complexity index is 629. The predicted molar refractivity (Wildman–Crippen MR) is 171 cm³/mol. The number of ether oxygens (including phenoxy) is 10. The van der Waals surface area contributed by atoms with Gasteiger partial charge in [0.2, 0.25) is 0 Å². The van der Waals surface area contributed by atoms with E-state index in [2.05, 4.69) is 22.6 Å². The van der Waals surface area contributed by atoms with Crippen molar-refractivity contribution in [1.29, 1.82) is 0 Å². The van der Waals surface area contributed by atoms with Gasteiger partial charge in [0.05, 0.1) is 126 Å². The van der Waals surface area contributed by atoms with Gasteiger partial charge in [-0.3, -0.25) is 0 Å². The summed E-state index contributed by atoms with van der Waals surface area (Å²) in [6, 6.07) is 10.1. The monoisotopic (exact) mass is 714 g/mol. The highest BCUT2D eigenvalue weighted by Crippen LogP contribution is 2.02. The lowest BCUT2D eigenvalue weighted by atomic mass is 10.2. The molecule has 0 heterocycles. The van der Waals surface area contributed by atoms with E-state index in [4.69, 9.17) is 47.4 Å². The third-order valence-corrected chi connectivity index (χ3v) is 6.39. The molecule has 11 heteroatoms. The number of halogens is 1. The average molecular weight is 715 g/mol. The van der Waals surface area contributed by atoms with Crippen LogP contribution in [-0.4, -0.2) is 130 Å². The van der Waals surface area contributed by atoms with Crippen molar-refractivity contribution in [3.05, 3.63) is 35.9 Å². The van der Waals surface area contributed by atoms with Gasteiger partial charge in [0.1, 0.15) is 0 Å². The highest BCUT2D eigenvalue weighted by Gasteiger charge is 1.97. The molecule has 1 aromatic carbocycles. The van der Waals surface area contributed by atoms with Crippen molar-refractivity contribution in [3.8, 4) is 0 Å². The largest absolute Gasteiger partial charge is 0.379 e. The van der Waals surface area contributed by atoms with Crippen molar-refractivity contribution in [2.45, 2.75) is 32.3 Å². The Morgan fingerprint density at radius 2 is 0.643 bits per heavy atom. The maximum absolute atomic E-state index is 5.57. The zero-order chi connectivity index (χ0) is 29.9. The Kier molecular flexibility index (Phi) is 33.0. The summed E-state index contributed by atoms with van der Waals surface area (Å²) < 4.78 is 56.3. The molecule has 10 nitrogen and oxygen atoms in total. The minimum absolute atomic E-state index is 0.527. The van der Waals surface area contributed by atoms with E-state index in [1.165, 1.54) is 23.7 Å². The topological polar surface area (TPSA) is 92.3 Å². The molecule has 0 aromatic heterocycles. The molecule has 0 unspecified atom stereocenters. The Morgan fingerprint density at radius 3 is 1.00 bits per heavy atom. The minimum atomic E-state index is 0.527. The molecule has 0 atom stereocenters. The van der Waals surface area contributed by atoms with Gasteiger partial charge >= 0.3 is 0 Å². The summed E-state index contributed by atoms with van der Waals surface area (Å²) in [5.74, 6) is 0. The van der Waals surface area contributed by atoms with Crippen molar-refractivity contribution >= 4 is 22.6 Å². The van der Waals surface area contributed by atoms with Gasteiger partial charge in [-0.05, 0) is 22.8 Å². The van der Waals surface area contributed by atoms with Crippen LogP contribution in [0, 0.1) is 0 Å². The molecule has 0 fully saturated rings. The second-order valence-corrected chi connectivity index (χ2v) is 10.2. The molecule has 0 bridgehead atoms. The van der Waals surface area contributed by atoms with E-state index in [1.807, 2.05) is 30.3 Å². The molecular formula is C31H55IO10. The van der Waals surface area contributed by atoms with Crippen LogP contribution in [0.15, 0.2) is 30.3 Å². The van der Waals surface area contributed by atoms with Crippen LogP contribution in [0.25, 0.3) is 0 Å². The van der Waals surface area contributed by atoms with E-state index >= 15 is 0 Å². The summed E-state index contributed by atoms with van der Waals surface area (Å²) in [7, 11) is 0. The summed E-state index contributed by atoms with van der Waals surface area (Å²) in [5.41, 5.74) is 1.16. The number of rotatable bonds is 35. The van der Waals surface area contributed by atoms with Crippen molar-refractivity contribution in [2.24, 2.45) is 0 Å². The molecule has 42 heavy (non-hydrogen) atoms. The second kappa shape index (κ2) is 35.0. The first kappa shape index (κ1) is 39.6. The summed E-state index contributed by atoms with van der Waals surface area (Å²) in [6.07, 6.45) is 4.99. The van der Waals surface area contributed by atoms with Gasteiger partial charge < -0.3 is 47.4 Å². The SMILES string of the molecule is ICCCCCCOCCOCCOCCOCCOCCOCCOCCOCCOCCOCc1ccccc1. The molecule has 1 aromatic rings. The quantitative estimate of drug-likeness (QED) is 0.0575. The fourth-order valence-electron chi connectivity index (χ4n) is 3.40. The van der Waals surface area contributed by atoms with Crippen molar-refractivity contribution in [3.63, 3.8) is 0 Å². The zero-order valence-electron chi connectivity index (χ0n) is 25.5. The fraction of sp³-hybridized carbons (Fsp3) is 0.806. The lowest BCUT2D eigenvalue weighted by molar-refractivity contribution is -0.0267. The lowest BCUT2D eigenvalue weighted by Crippen LogP contribution is -2.15. The molecule has 0 saturated carbocycles.